The Bertz CT molecular complexity index is 691. The minimum absolute atomic E-state index is 0.702. The molecule has 3 rings (SSSR count). The number of anilines is 2. The fourth-order valence-corrected chi connectivity index (χ4v) is 2.09. The Labute approximate surface area is 116 Å². The molecule has 102 valence electrons. The van der Waals surface area contributed by atoms with Gasteiger partial charge in [-0.3, -0.25) is 4.40 Å². The van der Waals surface area contributed by atoms with Crippen molar-refractivity contribution in [1.29, 1.82) is 0 Å². The molecule has 0 spiro atoms. The fraction of sp³-hybridized carbons (Fsp3) is 0.214. The van der Waals surface area contributed by atoms with Gasteiger partial charge in [0.25, 0.3) is 0 Å². The molecule has 1 aromatic carbocycles. The third kappa shape index (κ3) is 2.40. The highest BCUT2D eigenvalue weighted by atomic mass is 15.3. The van der Waals surface area contributed by atoms with Crippen LogP contribution in [0.4, 0.5) is 11.8 Å². The van der Waals surface area contributed by atoms with E-state index in [0.717, 1.165) is 24.4 Å². The van der Waals surface area contributed by atoms with Crippen molar-refractivity contribution in [2.45, 2.75) is 6.42 Å². The smallest absolute Gasteiger partial charge is 0.228 e. The molecule has 2 aromatic heterocycles. The van der Waals surface area contributed by atoms with Gasteiger partial charge >= 0.3 is 0 Å². The summed E-state index contributed by atoms with van der Waals surface area (Å²) in [5.74, 6) is 1.45. The maximum Gasteiger partial charge on any atom is 0.228 e. The second kappa shape index (κ2) is 5.56. The summed E-state index contributed by atoms with van der Waals surface area (Å²) in [5.41, 5.74) is 2.02. The largest absolute Gasteiger partial charge is 0.367 e. The van der Waals surface area contributed by atoms with Crippen LogP contribution in [0.1, 0.15) is 5.56 Å². The minimum atomic E-state index is 0.702. The molecule has 0 fully saturated rings. The molecule has 6 heteroatoms. The van der Waals surface area contributed by atoms with E-state index >= 15 is 0 Å². The SMILES string of the molecule is CNc1nnc2c(NCCc3ccccc3)nccn12. The average Bonchev–Trinajstić information content (AvgIpc) is 2.92. The molecule has 0 aliphatic rings. The molecular formula is C14H16N6. The maximum absolute atomic E-state index is 4.32. The lowest BCUT2D eigenvalue weighted by Crippen LogP contribution is -2.08. The van der Waals surface area contributed by atoms with Gasteiger partial charge in [0.2, 0.25) is 11.6 Å². The van der Waals surface area contributed by atoms with Gasteiger partial charge in [0.05, 0.1) is 0 Å². The highest BCUT2D eigenvalue weighted by Gasteiger charge is 2.08. The third-order valence-electron chi connectivity index (χ3n) is 3.10. The van der Waals surface area contributed by atoms with Crippen LogP contribution < -0.4 is 10.6 Å². The van der Waals surface area contributed by atoms with E-state index in [0.29, 0.717) is 5.95 Å². The first kappa shape index (κ1) is 12.4. The van der Waals surface area contributed by atoms with Gasteiger partial charge in [-0.15, -0.1) is 10.2 Å². The summed E-state index contributed by atoms with van der Waals surface area (Å²) in [7, 11) is 1.82. The van der Waals surface area contributed by atoms with Crippen LogP contribution in [0.15, 0.2) is 42.7 Å². The fourth-order valence-electron chi connectivity index (χ4n) is 2.09. The van der Waals surface area contributed by atoms with Crippen molar-refractivity contribution < 1.29 is 0 Å². The maximum atomic E-state index is 4.32. The Morgan fingerprint density at radius 1 is 1.15 bits per heavy atom. The molecule has 0 bridgehead atoms. The molecule has 3 aromatic rings. The first-order valence-corrected chi connectivity index (χ1v) is 6.54. The number of hydrogen-bond donors (Lipinski definition) is 2. The summed E-state index contributed by atoms with van der Waals surface area (Å²) in [5, 5.41) is 14.5. The van der Waals surface area contributed by atoms with E-state index in [1.54, 1.807) is 6.20 Å². The number of benzene rings is 1. The molecule has 0 radical (unpaired) electrons. The molecule has 0 saturated heterocycles. The molecular weight excluding hydrogens is 252 g/mol. The molecule has 0 saturated carbocycles. The monoisotopic (exact) mass is 268 g/mol. The number of fused-ring (bicyclic) bond motifs is 1. The average molecular weight is 268 g/mol. The zero-order chi connectivity index (χ0) is 13.8. The van der Waals surface area contributed by atoms with Gasteiger partial charge in [-0.2, -0.15) is 0 Å². The predicted molar refractivity (Wildman–Crippen MR) is 79.0 cm³/mol. The standard InChI is InChI=1S/C14H16N6/c1-15-14-19-18-13-12(17-9-10-20(13)14)16-8-7-11-5-3-2-4-6-11/h2-6,9-10H,7-8H2,1H3,(H,15,19)(H,16,17). The Hall–Kier alpha value is -2.63. The van der Waals surface area contributed by atoms with Gasteiger partial charge in [-0.05, 0) is 12.0 Å². The van der Waals surface area contributed by atoms with Crippen molar-refractivity contribution in [3.8, 4) is 0 Å². The molecule has 0 aliphatic carbocycles. The molecule has 0 aliphatic heterocycles. The van der Waals surface area contributed by atoms with Crippen LogP contribution in [-0.4, -0.2) is 33.2 Å². The Morgan fingerprint density at radius 2 is 2.00 bits per heavy atom. The van der Waals surface area contributed by atoms with Crippen molar-refractivity contribution >= 4 is 17.4 Å². The van der Waals surface area contributed by atoms with E-state index in [9.17, 15) is 0 Å². The van der Waals surface area contributed by atoms with E-state index < -0.39 is 0 Å². The molecule has 0 amide bonds. The van der Waals surface area contributed by atoms with E-state index in [4.69, 9.17) is 0 Å². The van der Waals surface area contributed by atoms with Gasteiger partial charge in [-0.1, -0.05) is 30.3 Å². The predicted octanol–water partition coefficient (Wildman–Crippen LogP) is 1.82. The van der Waals surface area contributed by atoms with Crippen LogP contribution in [0.2, 0.25) is 0 Å². The zero-order valence-corrected chi connectivity index (χ0v) is 11.2. The molecule has 0 atom stereocenters. The molecule has 20 heavy (non-hydrogen) atoms. The highest BCUT2D eigenvalue weighted by Crippen LogP contribution is 2.14. The van der Waals surface area contributed by atoms with Crippen LogP contribution >= 0.6 is 0 Å². The Morgan fingerprint density at radius 3 is 2.80 bits per heavy atom. The third-order valence-corrected chi connectivity index (χ3v) is 3.10. The van der Waals surface area contributed by atoms with Crippen molar-refractivity contribution in [1.82, 2.24) is 19.6 Å². The number of nitrogens with zero attached hydrogens (tertiary/aromatic N) is 4. The van der Waals surface area contributed by atoms with Crippen molar-refractivity contribution in [3.63, 3.8) is 0 Å². The Balaban J connectivity index is 1.73. The van der Waals surface area contributed by atoms with Crippen LogP contribution in [0, 0.1) is 0 Å². The molecule has 2 N–H and O–H groups in total. The lowest BCUT2D eigenvalue weighted by Gasteiger charge is -2.06. The second-order valence-corrected chi connectivity index (χ2v) is 4.41. The molecule has 6 nitrogen and oxygen atoms in total. The van der Waals surface area contributed by atoms with Crippen LogP contribution in [-0.2, 0) is 6.42 Å². The first-order valence-electron chi connectivity index (χ1n) is 6.54. The van der Waals surface area contributed by atoms with Gasteiger partial charge in [0.1, 0.15) is 0 Å². The number of hydrogen-bond acceptors (Lipinski definition) is 5. The van der Waals surface area contributed by atoms with E-state index in [2.05, 4.69) is 37.9 Å². The van der Waals surface area contributed by atoms with Crippen LogP contribution in [0.3, 0.4) is 0 Å². The zero-order valence-electron chi connectivity index (χ0n) is 11.2. The second-order valence-electron chi connectivity index (χ2n) is 4.41. The summed E-state index contributed by atoms with van der Waals surface area (Å²) in [6, 6.07) is 10.4. The summed E-state index contributed by atoms with van der Waals surface area (Å²) in [6.07, 6.45) is 4.52. The van der Waals surface area contributed by atoms with Crippen molar-refractivity contribution in [2.75, 3.05) is 24.2 Å². The molecule has 2 heterocycles. The van der Waals surface area contributed by atoms with E-state index in [-0.39, 0.29) is 0 Å². The summed E-state index contributed by atoms with van der Waals surface area (Å²) in [6.45, 7) is 0.804. The minimum Gasteiger partial charge on any atom is -0.367 e. The summed E-state index contributed by atoms with van der Waals surface area (Å²) in [4.78, 5) is 4.32. The lowest BCUT2D eigenvalue weighted by atomic mass is 10.1. The van der Waals surface area contributed by atoms with Crippen molar-refractivity contribution in [2.24, 2.45) is 0 Å². The van der Waals surface area contributed by atoms with Crippen LogP contribution in [0.5, 0.6) is 0 Å². The summed E-state index contributed by atoms with van der Waals surface area (Å²) < 4.78 is 1.87. The lowest BCUT2D eigenvalue weighted by molar-refractivity contribution is 0.998. The first-order chi connectivity index (χ1) is 9.88. The van der Waals surface area contributed by atoms with Gasteiger partial charge in [0, 0.05) is 26.0 Å². The molecule has 0 unspecified atom stereocenters. The number of rotatable bonds is 5. The van der Waals surface area contributed by atoms with Gasteiger partial charge in [-0.25, -0.2) is 4.98 Å². The van der Waals surface area contributed by atoms with Crippen LogP contribution in [0.25, 0.3) is 5.65 Å². The topological polar surface area (TPSA) is 67.1 Å². The van der Waals surface area contributed by atoms with Crippen molar-refractivity contribution in [3.05, 3.63) is 48.3 Å². The quantitative estimate of drug-likeness (QED) is 0.739. The number of aromatic nitrogens is 4. The highest BCUT2D eigenvalue weighted by molar-refractivity contribution is 5.64. The van der Waals surface area contributed by atoms with Gasteiger partial charge < -0.3 is 10.6 Å². The van der Waals surface area contributed by atoms with E-state index in [1.165, 1.54) is 5.56 Å². The van der Waals surface area contributed by atoms with E-state index in [1.807, 2.05) is 35.8 Å². The Kier molecular flexibility index (Phi) is 3.45. The summed E-state index contributed by atoms with van der Waals surface area (Å²) >= 11 is 0. The number of nitrogens with one attached hydrogen (secondary N) is 2. The van der Waals surface area contributed by atoms with Gasteiger partial charge in [0.15, 0.2) is 5.82 Å². The normalized spacial score (nSPS) is 10.7.